The summed E-state index contributed by atoms with van der Waals surface area (Å²) >= 11 is 11.7. The van der Waals surface area contributed by atoms with Crippen molar-refractivity contribution in [1.82, 2.24) is 5.48 Å². The fourth-order valence-electron chi connectivity index (χ4n) is 1.59. The lowest BCUT2D eigenvalue weighted by Crippen LogP contribution is -2.31. The number of amides is 1. The van der Waals surface area contributed by atoms with Gasteiger partial charge < -0.3 is 9.57 Å². The van der Waals surface area contributed by atoms with Crippen LogP contribution >= 0.6 is 23.2 Å². The number of halogens is 2. The number of ether oxygens (including phenoxy) is 1. The van der Waals surface area contributed by atoms with Crippen LogP contribution in [0.2, 0.25) is 10.0 Å². The van der Waals surface area contributed by atoms with Crippen LogP contribution in [0.3, 0.4) is 0 Å². The third kappa shape index (κ3) is 4.55. The molecular weight excluding hydrogens is 313 g/mol. The smallest absolute Gasteiger partial charge is 0.290 e. The molecule has 0 aliphatic rings. The maximum absolute atomic E-state index is 11.6. The summed E-state index contributed by atoms with van der Waals surface area (Å²) in [6.07, 6.45) is 0. The van der Waals surface area contributed by atoms with Crippen molar-refractivity contribution in [3.8, 4) is 11.5 Å². The molecule has 0 aliphatic carbocycles. The molecule has 0 heterocycles. The van der Waals surface area contributed by atoms with E-state index in [1.807, 2.05) is 6.92 Å². The Bertz CT molecular complexity index is 647. The van der Waals surface area contributed by atoms with E-state index in [2.05, 4.69) is 5.48 Å². The zero-order valence-electron chi connectivity index (χ0n) is 11.2. The van der Waals surface area contributed by atoms with E-state index >= 15 is 0 Å². The van der Waals surface area contributed by atoms with E-state index in [9.17, 15) is 4.79 Å². The Kier molecular flexibility index (Phi) is 5.31. The van der Waals surface area contributed by atoms with Gasteiger partial charge in [-0.1, -0.05) is 35.3 Å². The highest BCUT2D eigenvalue weighted by molar-refractivity contribution is 6.32. The lowest BCUT2D eigenvalue weighted by atomic mass is 10.2. The second kappa shape index (κ2) is 7.20. The molecular formula is C15H13Cl2NO3. The minimum Gasteiger partial charge on any atom is -0.483 e. The Morgan fingerprint density at radius 3 is 2.62 bits per heavy atom. The van der Waals surface area contributed by atoms with Crippen LogP contribution in [0.4, 0.5) is 0 Å². The first-order valence-corrected chi connectivity index (χ1v) is 6.91. The molecule has 21 heavy (non-hydrogen) atoms. The fraction of sp³-hybridized carbons (Fsp3) is 0.133. The van der Waals surface area contributed by atoms with Gasteiger partial charge >= 0.3 is 0 Å². The Balaban J connectivity index is 1.84. The third-order valence-electron chi connectivity index (χ3n) is 2.61. The highest BCUT2D eigenvalue weighted by atomic mass is 35.5. The number of hydrogen-bond donors (Lipinski definition) is 1. The average molecular weight is 326 g/mol. The largest absolute Gasteiger partial charge is 0.483 e. The maximum Gasteiger partial charge on any atom is 0.290 e. The number of benzene rings is 2. The summed E-state index contributed by atoms with van der Waals surface area (Å²) in [6.45, 7) is 1.67. The first-order valence-electron chi connectivity index (χ1n) is 6.15. The zero-order chi connectivity index (χ0) is 15.2. The highest BCUT2D eigenvalue weighted by Gasteiger charge is 2.07. The molecule has 4 nitrogen and oxygen atoms in total. The molecule has 1 amide bonds. The molecule has 110 valence electrons. The molecule has 0 aliphatic heterocycles. The van der Waals surface area contributed by atoms with Crippen molar-refractivity contribution in [2.24, 2.45) is 0 Å². The predicted octanol–water partition coefficient (Wildman–Crippen LogP) is 3.79. The predicted molar refractivity (Wildman–Crippen MR) is 81.9 cm³/mol. The monoisotopic (exact) mass is 325 g/mol. The van der Waals surface area contributed by atoms with Gasteiger partial charge in [0.25, 0.3) is 5.91 Å². The molecule has 0 saturated carbocycles. The topological polar surface area (TPSA) is 47.6 Å². The summed E-state index contributed by atoms with van der Waals surface area (Å²) in [5.74, 6) is 0.534. The van der Waals surface area contributed by atoms with Gasteiger partial charge in [0.1, 0.15) is 5.75 Å². The summed E-state index contributed by atoms with van der Waals surface area (Å²) in [4.78, 5) is 16.8. The normalized spacial score (nSPS) is 10.0. The summed E-state index contributed by atoms with van der Waals surface area (Å²) in [5, 5.41) is 1.03. The Morgan fingerprint density at radius 2 is 1.90 bits per heavy atom. The van der Waals surface area contributed by atoms with Crippen LogP contribution in [0.15, 0.2) is 42.5 Å². The number of rotatable bonds is 5. The highest BCUT2D eigenvalue weighted by Crippen LogP contribution is 2.23. The summed E-state index contributed by atoms with van der Waals surface area (Å²) in [6, 6.07) is 12.0. The second-order valence-corrected chi connectivity index (χ2v) is 5.10. The van der Waals surface area contributed by atoms with Crippen LogP contribution < -0.4 is 15.1 Å². The van der Waals surface area contributed by atoms with Crippen molar-refractivity contribution in [3.63, 3.8) is 0 Å². The van der Waals surface area contributed by atoms with Crippen LogP contribution in [-0.2, 0) is 4.79 Å². The molecule has 0 saturated heterocycles. The zero-order valence-corrected chi connectivity index (χ0v) is 12.7. The van der Waals surface area contributed by atoms with Crippen molar-refractivity contribution in [3.05, 3.63) is 58.1 Å². The number of carbonyl (C=O) groups excluding carboxylic acids is 1. The maximum atomic E-state index is 11.6. The first kappa shape index (κ1) is 15.5. The van der Waals surface area contributed by atoms with Gasteiger partial charge in [-0.2, -0.15) is 5.48 Å². The molecule has 2 aromatic carbocycles. The van der Waals surface area contributed by atoms with Crippen molar-refractivity contribution >= 4 is 29.1 Å². The molecule has 6 heteroatoms. The molecule has 0 bridgehead atoms. The van der Waals surface area contributed by atoms with Crippen LogP contribution in [0.5, 0.6) is 11.5 Å². The van der Waals surface area contributed by atoms with Gasteiger partial charge in [0.2, 0.25) is 0 Å². The van der Waals surface area contributed by atoms with E-state index in [4.69, 9.17) is 32.8 Å². The van der Waals surface area contributed by atoms with Gasteiger partial charge in [-0.3, -0.25) is 4.79 Å². The minimum absolute atomic E-state index is 0.174. The van der Waals surface area contributed by atoms with Crippen LogP contribution in [0.25, 0.3) is 0 Å². The number of hydrogen-bond acceptors (Lipinski definition) is 3. The van der Waals surface area contributed by atoms with Crippen molar-refractivity contribution in [2.45, 2.75) is 6.92 Å². The molecule has 0 unspecified atom stereocenters. The van der Waals surface area contributed by atoms with Crippen molar-refractivity contribution in [2.75, 3.05) is 6.61 Å². The summed E-state index contributed by atoms with van der Waals surface area (Å²) in [5.41, 5.74) is 3.12. The summed E-state index contributed by atoms with van der Waals surface area (Å²) in [7, 11) is 0. The third-order valence-corrected chi connectivity index (χ3v) is 3.15. The van der Waals surface area contributed by atoms with Crippen molar-refractivity contribution < 1.29 is 14.4 Å². The molecule has 1 N–H and O–H groups in total. The van der Waals surface area contributed by atoms with Crippen molar-refractivity contribution in [1.29, 1.82) is 0 Å². The second-order valence-electron chi connectivity index (χ2n) is 4.26. The molecule has 0 atom stereocenters. The molecule has 0 radical (unpaired) electrons. The number of aryl methyl sites for hydroxylation is 1. The Morgan fingerprint density at radius 1 is 1.14 bits per heavy atom. The van der Waals surface area contributed by atoms with Gasteiger partial charge in [0.05, 0.1) is 5.02 Å². The Labute approximate surface area is 132 Å². The van der Waals surface area contributed by atoms with Gasteiger partial charge in [-0.15, -0.1) is 0 Å². The Hall–Kier alpha value is -1.91. The van der Waals surface area contributed by atoms with Crippen LogP contribution in [-0.4, -0.2) is 12.5 Å². The van der Waals surface area contributed by atoms with Crippen LogP contribution in [0.1, 0.15) is 5.56 Å². The summed E-state index contributed by atoms with van der Waals surface area (Å²) < 4.78 is 5.39. The first-order chi connectivity index (χ1) is 10.1. The van der Waals surface area contributed by atoms with E-state index in [1.165, 1.54) is 0 Å². The lowest BCUT2D eigenvalue weighted by Gasteiger charge is -2.10. The molecule has 0 fully saturated rings. The molecule has 0 spiro atoms. The van der Waals surface area contributed by atoms with Gasteiger partial charge in [-0.05, 0) is 42.8 Å². The standard InChI is InChI=1S/C15H13Cl2NO3/c1-10-8-11(16)6-7-13(10)20-9-15(19)18-21-14-5-3-2-4-12(14)17/h2-8H,9H2,1H3,(H,18,19). The SMILES string of the molecule is Cc1cc(Cl)ccc1OCC(=O)NOc1ccccc1Cl. The van der Waals surface area contributed by atoms with Gasteiger partial charge in [0.15, 0.2) is 12.4 Å². The molecule has 2 aromatic rings. The minimum atomic E-state index is -0.427. The fourth-order valence-corrected chi connectivity index (χ4v) is 1.99. The number of carbonyl (C=O) groups is 1. The number of nitrogens with one attached hydrogen (secondary N) is 1. The quantitative estimate of drug-likeness (QED) is 0.851. The van der Waals surface area contributed by atoms with E-state index < -0.39 is 5.91 Å². The van der Waals surface area contributed by atoms with E-state index in [-0.39, 0.29) is 6.61 Å². The van der Waals surface area contributed by atoms with E-state index in [0.717, 1.165) is 5.56 Å². The van der Waals surface area contributed by atoms with Gasteiger partial charge in [-0.25, -0.2) is 0 Å². The molecule has 0 aromatic heterocycles. The van der Waals surface area contributed by atoms with Gasteiger partial charge in [0, 0.05) is 5.02 Å². The average Bonchev–Trinajstić information content (AvgIpc) is 2.45. The van der Waals surface area contributed by atoms with Crippen LogP contribution in [0, 0.1) is 6.92 Å². The molecule has 2 rings (SSSR count). The van der Waals surface area contributed by atoms with E-state index in [1.54, 1.807) is 42.5 Å². The number of para-hydroxylation sites is 1. The lowest BCUT2D eigenvalue weighted by molar-refractivity contribution is -0.129. The van der Waals surface area contributed by atoms with E-state index in [0.29, 0.717) is 21.5 Å². The number of hydroxylamine groups is 1.